The number of unbranched alkanes of at least 4 members (excludes halogenated alkanes) is 22. The lowest BCUT2D eigenvalue weighted by Crippen LogP contribution is -2.27. The van der Waals surface area contributed by atoms with Crippen molar-refractivity contribution < 1.29 is 19.4 Å². The molecule has 4 heteroatoms. The number of hydrogen-bond donors (Lipinski definition) is 1. The van der Waals surface area contributed by atoms with Crippen LogP contribution in [0.15, 0.2) is 48.6 Å². The van der Waals surface area contributed by atoms with Crippen LogP contribution in [0.2, 0.25) is 0 Å². The third kappa shape index (κ3) is 38.8. The Hall–Kier alpha value is -1.65. The molecule has 0 aromatic rings. The Bertz CT molecular complexity index is 753. The molecule has 0 aromatic heterocycles. The zero-order valence-corrected chi connectivity index (χ0v) is 32.0. The standard InChI is InChI=1S/C44H80O4/c1-3-5-7-9-11-13-15-17-19-20-21-22-23-24-25-26-27-29-31-33-35-37-39-44(46)48-43(41-45)42-47-40-38-36-34-32-30-28-18-16-14-12-10-8-6-4-2/h6,8,12,14,18,28,32,34,43,45H,3-5,7,9-11,13,15-17,19-27,29-31,33,35-42H2,1-2H3/b8-6-,14-12-,28-18-,34-32-. The Labute approximate surface area is 299 Å². The molecule has 4 nitrogen and oxygen atoms in total. The summed E-state index contributed by atoms with van der Waals surface area (Å²) in [7, 11) is 0. The SMILES string of the molecule is CC/C=C\C/C=C\C/C=C\C/C=C\CCCOCC(CO)OC(=O)CCCCCCCCCCCCCCCCCCCCCCCC. The normalized spacial score (nSPS) is 12.8. The Kier molecular flexibility index (Phi) is 40.1. The molecule has 0 aliphatic carbocycles. The molecule has 1 unspecified atom stereocenters. The van der Waals surface area contributed by atoms with E-state index in [1.54, 1.807) is 0 Å². The molecular formula is C44H80O4. The molecule has 0 bridgehead atoms. The van der Waals surface area contributed by atoms with Crippen LogP contribution in [0.1, 0.15) is 200 Å². The molecule has 0 saturated heterocycles. The van der Waals surface area contributed by atoms with Crippen molar-refractivity contribution >= 4 is 5.97 Å². The average molecular weight is 673 g/mol. The maximum absolute atomic E-state index is 12.2. The topological polar surface area (TPSA) is 55.8 Å². The summed E-state index contributed by atoms with van der Waals surface area (Å²) in [6.45, 7) is 5.11. The number of ether oxygens (including phenoxy) is 2. The second kappa shape index (κ2) is 41.5. The first-order valence-corrected chi connectivity index (χ1v) is 20.7. The molecule has 0 heterocycles. The minimum Gasteiger partial charge on any atom is -0.457 e. The highest BCUT2D eigenvalue weighted by Gasteiger charge is 2.13. The van der Waals surface area contributed by atoms with Crippen LogP contribution < -0.4 is 0 Å². The van der Waals surface area contributed by atoms with Gasteiger partial charge in [0.15, 0.2) is 0 Å². The highest BCUT2D eigenvalue weighted by atomic mass is 16.6. The van der Waals surface area contributed by atoms with E-state index in [1.807, 2.05) is 0 Å². The molecule has 0 rings (SSSR count). The van der Waals surface area contributed by atoms with Gasteiger partial charge in [-0.1, -0.05) is 197 Å². The van der Waals surface area contributed by atoms with E-state index < -0.39 is 6.10 Å². The van der Waals surface area contributed by atoms with Crippen molar-refractivity contribution in [2.45, 2.75) is 206 Å². The molecule has 0 amide bonds. The van der Waals surface area contributed by atoms with Gasteiger partial charge in [-0.3, -0.25) is 4.79 Å². The minimum atomic E-state index is -0.561. The quantitative estimate of drug-likeness (QED) is 0.0403. The van der Waals surface area contributed by atoms with E-state index in [-0.39, 0.29) is 19.2 Å². The fourth-order valence-electron chi connectivity index (χ4n) is 5.86. The van der Waals surface area contributed by atoms with Gasteiger partial charge in [-0.05, 0) is 44.9 Å². The number of hydrogen-bond acceptors (Lipinski definition) is 4. The highest BCUT2D eigenvalue weighted by molar-refractivity contribution is 5.69. The summed E-state index contributed by atoms with van der Waals surface area (Å²) in [6, 6.07) is 0. The smallest absolute Gasteiger partial charge is 0.306 e. The highest BCUT2D eigenvalue weighted by Crippen LogP contribution is 2.15. The monoisotopic (exact) mass is 673 g/mol. The van der Waals surface area contributed by atoms with Crippen molar-refractivity contribution in [3.05, 3.63) is 48.6 Å². The van der Waals surface area contributed by atoms with E-state index in [1.165, 1.54) is 128 Å². The van der Waals surface area contributed by atoms with Gasteiger partial charge in [0.2, 0.25) is 0 Å². The molecule has 1 N–H and O–H groups in total. The lowest BCUT2D eigenvalue weighted by Gasteiger charge is -2.15. The van der Waals surface area contributed by atoms with E-state index in [4.69, 9.17) is 9.47 Å². The summed E-state index contributed by atoms with van der Waals surface area (Å²) in [5.41, 5.74) is 0. The van der Waals surface area contributed by atoms with E-state index in [9.17, 15) is 9.90 Å². The second-order valence-electron chi connectivity index (χ2n) is 13.7. The van der Waals surface area contributed by atoms with E-state index in [0.29, 0.717) is 13.0 Å². The van der Waals surface area contributed by atoms with Gasteiger partial charge in [0.1, 0.15) is 6.10 Å². The first-order valence-electron chi connectivity index (χ1n) is 20.7. The number of carbonyl (C=O) groups excluding carboxylic acids is 1. The zero-order valence-electron chi connectivity index (χ0n) is 32.0. The maximum Gasteiger partial charge on any atom is 0.306 e. The molecule has 0 aromatic carbocycles. The van der Waals surface area contributed by atoms with Gasteiger partial charge in [-0.2, -0.15) is 0 Å². The van der Waals surface area contributed by atoms with E-state index in [0.717, 1.165) is 51.4 Å². The van der Waals surface area contributed by atoms with Gasteiger partial charge in [0.25, 0.3) is 0 Å². The first kappa shape index (κ1) is 46.4. The molecule has 0 aliphatic rings. The largest absolute Gasteiger partial charge is 0.457 e. The number of aliphatic hydroxyl groups is 1. The van der Waals surface area contributed by atoms with Crippen LogP contribution in [0.25, 0.3) is 0 Å². The molecule has 48 heavy (non-hydrogen) atoms. The van der Waals surface area contributed by atoms with Gasteiger partial charge in [0.05, 0.1) is 13.2 Å². The Balaban J connectivity index is 3.45. The third-order valence-electron chi connectivity index (χ3n) is 8.92. The molecule has 1 atom stereocenters. The minimum absolute atomic E-state index is 0.192. The van der Waals surface area contributed by atoms with Gasteiger partial charge in [-0.15, -0.1) is 0 Å². The van der Waals surface area contributed by atoms with Crippen molar-refractivity contribution in [2.75, 3.05) is 19.8 Å². The zero-order chi connectivity index (χ0) is 34.9. The lowest BCUT2D eigenvalue weighted by molar-refractivity contribution is -0.154. The van der Waals surface area contributed by atoms with Crippen LogP contribution in [0.5, 0.6) is 0 Å². The number of aliphatic hydroxyl groups excluding tert-OH is 1. The molecule has 0 aliphatic heterocycles. The molecule has 0 fully saturated rings. The molecule has 0 saturated carbocycles. The lowest BCUT2D eigenvalue weighted by atomic mass is 10.0. The fourth-order valence-corrected chi connectivity index (χ4v) is 5.86. The number of esters is 1. The van der Waals surface area contributed by atoms with Crippen molar-refractivity contribution in [3.8, 4) is 0 Å². The number of carbonyl (C=O) groups is 1. The van der Waals surface area contributed by atoms with Crippen molar-refractivity contribution in [3.63, 3.8) is 0 Å². The summed E-state index contributed by atoms with van der Waals surface area (Å²) in [5.74, 6) is -0.217. The van der Waals surface area contributed by atoms with Crippen LogP contribution in [0, 0.1) is 0 Å². The summed E-state index contributed by atoms with van der Waals surface area (Å²) in [4.78, 5) is 12.2. The van der Waals surface area contributed by atoms with Crippen LogP contribution in [-0.2, 0) is 14.3 Å². The van der Waals surface area contributed by atoms with Gasteiger partial charge in [0, 0.05) is 13.0 Å². The van der Waals surface area contributed by atoms with Crippen LogP contribution >= 0.6 is 0 Å². The average Bonchev–Trinajstić information content (AvgIpc) is 3.09. The van der Waals surface area contributed by atoms with Crippen molar-refractivity contribution in [2.24, 2.45) is 0 Å². The summed E-state index contributed by atoms with van der Waals surface area (Å²) in [5, 5.41) is 9.57. The first-order chi connectivity index (χ1) is 23.7. The summed E-state index contributed by atoms with van der Waals surface area (Å²) < 4.78 is 11.1. The molecule has 280 valence electrons. The summed E-state index contributed by atoms with van der Waals surface area (Å²) in [6.07, 6.45) is 53.3. The maximum atomic E-state index is 12.2. The Morgan fingerprint density at radius 1 is 0.521 bits per heavy atom. The van der Waals surface area contributed by atoms with Crippen LogP contribution in [-0.4, -0.2) is 37.0 Å². The van der Waals surface area contributed by atoms with Crippen LogP contribution in [0.3, 0.4) is 0 Å². The van der Waals surface area contributed by atoms with Gasteiger partial charge >= 0.3 is 5.97 Å². The molecule has 0 radical (unpaired) electrons. The predicted molar refractivity (Wildman–Crippen MR) is 210 cm³/mol. The fraction of sp³-hybridized carbons (Fsp3) is 0.795. The molecule has 0 spiro atoms. The summed E-state index contributed by atoms with van der Waals surface area (Å²) >= 11 is 0. The van der Waals surface area contributed by atoms with Gasteiger partial charge < -0.3 is 14.6 Å². The Morgan fingerprint density at radius 3 is 1.33 bits per heavy atom. The Morgan fingerprint density at radius 2 is 0.917 bits per heavy atom. The number of rotatable bonds is 38. The van der Waals surface area contributed by atoms with E-state index in [2.05, 4.69) is 62.5 Å². The second-order valence-corrected chi connectivity index (χ2v) is 13.7. The van der Waals surface area contributed by atoms with Crippen molar-refractivity contribution in [1.82, 2.24) is 0 Å². The molecular weight excluding hydrogens is 592 g/mol. The predicted octanol–water partition coefficient (Wildman–Crippen LogP) is 13.5. The van der Waals surface area contributed by atoms with Crippen LogP contribution in [0.4, 0.5) is 0 Å². The van der Waals surface area contributed by atoms with Gasteiger partial charge in [-0.25, -0.2) is 0 Å². The van der Waals surface area contributed by atoms with Crippen molar-refractivity contribution in [1.29, 1.82) is 0 Å². The van der Waals surface area contributed by atoms with E-state index >= 15 is 0 Å². The number of allylic oxidation sites excluding steroid dienone is 8. The third-order valence-corrected chi connectivity index (χ3v) is 8.92.